The van der Waals surface area contributed by atoms with Crippen LogP contribution in [0.15, 0.2) is 88.1 Å². The number of hydrogen-bond donors (Lipinski definition) is 1. The van der Waals surface area contributed by atoms with Crippen molar-refractivity contribution in [3.63, 3.8) is 0 Å². The van der Waals surface area contributed by atoms with Crippen molar-refractivity contribution in [1.29, 1.82) is 0 Å². The number of nitrogen functional groups attached to an aromatic ring is 1. The molecule has 1 aromatic heterocycles. The average molecular weight is 519 g/mol. The summed E-state index contributed by atoms with van der Waals surface area (Å²) >= 11 is 3.54. The third kappa shape index (κ3) is 4.22. The van der Waals surface area contributed by atoms with Gasteiger partial charge in [-0.05, 0) is 60.5 Å². The fraction of sp³-hybridized carbons (Fsp3) is 0.111. The third-order valence-electron chi connectivity index (χ3n) is 5.41. The molecule has 0 spiro atoms. The molecule has 0 unspecified atom stereocenters. The second-order valence-corrected chi connectivity index (χ2v) is 8.27. The van der Waals surface area contributed by atoms with Crippen LogP contribution in [0.2, 0.25) is 0 Å². The van der Waals surface area contributed by atoms with E-state index in [9.17, 15) is 9.59 Å². The first kappa shape index (κ1) is 23.3. The topological polar surface area (TPSA) is 83.5 Å². The number of nitrogens with zero attached hydrogens (tertiary/aromatic N) is 1. The molecule has 0 bridgehead atoms. The Morgan fingerprint density at radius 1 is 0.971 bits per heavy atom. The molecule has 0 fully saturated rings. The highest BCUT2D eigenvalue weighted by atomic mass is 79.9. The first-order valence-electron chi connectivity index (χ1n) is 10.7. The van der Waals surface area contributed by atoms with Crippen LogP contribution in [0.3, 0.4) is 0 Å². The van der Waals surface area contributed by atoms with Gasteiger partial charge in [-0.3, -0.25) is 9.36 Å². The van der Waals surface area contributed by atoms with Crippen LogP contribution in [0.5, 0.6) is 5.75 Å². The number of benzene rings is 3. The number of para-hydroxylation sites is 1. The zero-order chi connectivity index (χ0) is 24.2. The maximum Gasteiger partial charge on any atom is 0.341 e. The Morgan fingerprint density at radius 3 is 2.24 bits per heavy atom. The first-order chi connectivity index (χ1) is 16.5. The van der Waals surface area contributed by atoms with E-state index in [0.29, 0.717) is 38.3 Å². The van der Waals surface area contributed by atoms with Gasteiger partial charge in [0.15, 0.2) is 0 Å². The minimum Gasteiger partial charge on any atom is -0.497 e. The van der Waals surface area contributed by atoms with E-state index < -0.39 is 11.5 Å². The van der Waals surface area contributed by atoms with E-state index in [0.717, 1.165) is 0 Å². The molecule has 6 nitrogen and oxygen atoms in total. The van der Waals surface area contributed by atoms with E-state index in [1.807, 2.05) is 42.5 Å². The van der Waals surface area contributed by atoms with Crippen molar-refractivity contribution >= 4 is 27.6 Å². The molecule has 1 heterocycles. The normalized spacial score (nSPS) is 10.7. The molecular formula is C27H23BrN2O4. The monoisotopic (exact) mass is 518 g/mol. The summed E-state index contributed by atoms with van der Waals surface area (Å²) in [5, 5.41) is 0. The summed E-state index contributed by atoms with van der Waals surface area (Å²) in [7, 11) is 1.58. The largest absolute Gasteiger partial charge is 0.497 e. The summed E-state index contributed by atoms with van der Waals surface area (Å²) in [6.45, 7) is 1.90. The molecule has 7 heteroatoms. The zero-order valence-corrected chi connectivity index (χ0v) is 20.3. The fourth-order valence-electron chi connectivity index (χ4n) is 3.89. The molecule has 0 saturated heterocycles. The highest BCUT2D eigenvalue weighted by Gasteiger charge is 2.29. The molecule has 3 aromatic carbocycles. The molecule has 172 valence electrons. The van der Waals surface area contributed by atoms with Crippen molar-refractivity contribution in [3.05, 3.63) is 99.3 Å². The Kier molecular flexibility index (Phi) is 6.84. The lowest BCUT2D eigenvalue weighted by Gasteiger charge is -2.22. The quantitative estimate of drug-likeness (QED) is 0.331. The van der Waals surface area contributed by atoms with Gasteiger partial charge in [0.05, 0.1) is 25.0 Å². The summed E-state index contributed by atoms with van der Waals surface area (Å²) in [6, 6.07) is 23.6. The van der Waals surface area contributed by atoms with Crippen molar-refractivity contribution in [2.24, 2.45) is 0 Å². The highest BCUT2D eigenvalue weighted by molar-refractivity contribution is 9.10. The molecule has 0 amide bonds. The molecule has 0 aliphatic rings. The molecule has 0 atom stereocenters. The summed E-state index contributed by atoms with van der Waals surface area (Å²) in [6.07, 6.45) is 0. The third-order valence-corrected chi connectivity index (χ3v) is 6.11. The minimum absolute atomic E-state index is 0.0453. The summed E-state index contributed by atoms with van der Waals surface area (Å²) in [5.41, 5.74) is 8.75. The number of halogens is 1. The van der Waals surface area contributed by atoms with Crippen molar-refractivity contribution in [2.75, 3.05) is 19.5 Å². The molecular weight excluding hydrogens is 496 g/mol. The second-order valence-electron chi connectivity index (χ2n) is 7.42. The van der Waals surface area contributed by atoms with E-state index in [4.69, 9.17) is 15.2 Å². The Balaban J connectivity index is 2.21. The van der Waals surface area contributed by atoms with Crippen molar-refractivity contribution in [1.82, 2.24) is 4.57 Å². The number of hydrogen-bond acceptors (Lipinski definition) is 5. The van der Waals surface area contributed by atoms with E-state index >= 15 is 0 Å². The lowest BCUT2D eigenvalue weighted by atomic mass is 9.93. The first-order valence-corrected chi connectivity index (χ1v) is 11.5. The molecule has 0 aliphatic carbocycles. The standard InChI is InChI=1S/C27H23BrN2O4/c1-3-34-27(32)23-22(20-11-7-8-12-21(20)28)24(29)26(31)30(18-9-5-4-6-10-18)25(23)17-13-15-19(33-2)16-14-17/h4-16H,3,29H2,1-2H3. The lowest BCUT2D eigenvalue weighted by Crippen LogP contribution is -2.28. The number of methoxy groups -OCH3 is 1. The maximum absolute atomic E-state index is 13.8. The molecule has 0 radical (unpaired) electrons. The molecule has 4 aromatic rings. The van der Waals surface area contributed by atoms with Crippen LogP contribution >= 0.6 is 15.9 Å². The zero-order valence-electron chi connectivity index (χ0n) is 18.7. The van der Waals surface area contributed by atoms with Gasteiger partial charge in [-0.15, -0.1) is 0 Å². The van der Waals surface area contributed by atoms with Gasteiger partial charge in [-0.1, -0.05) is 52.3 Å². The second kappa shape index (κ2) is 9.97. The van der Waals surface area contributed by atoms with E-state index in [-0.39, 0.29) is 17.9 Å². The molecule has 34 heavy (non-hydrogen) atoms. The number of anilines is 1. The van der Waals surface area contributed by atoms with Crippen LogP contribution in [-0.2, 0) is 4.74 Å². The Morgan fingerprint density at radius 2 is 1.62 bits per heavy atom. The number of nitrogens with two attached hydrogens (primary N) is 1. The van der Waals surface area contributed by atoms with Crippen LogP contribution in [0.25, 0.3) is 28.1 Å². The van der Waals surface area contributed by atoms with Gasteiger partial charge in [0, 0.05) is 15.7 Å². The van der Waals surface area contributed by atoms with E-state index in [1.165, 1.54) is 4.57 Å². The van der Waals surface area contributed by atoms with Crippen LogP contribution in [0.4, 0.5) is 5.69 Å². The minimum atomic E-state index is -0.574. The number of aromatic nitrogens is 1. The number of ether oxygens (including phenoxy) is 2. The van der Waals surface area contributed by atoms with E-state index in [2.05, 4.69) is 15.9 Å². The number of esters is 1. The number of carbonyl (C=O) groups is 1. The fourth-order valence-corrected chi connectivity index (χ4v) is 4.37. The SMILES string of the molecule is CCOC(=O)c1c(-c2ccccc2Br)c(N)c(=O)n(-c2ccccc2)c1-c1ccc(OC)cc1. The lowest BCUT2D eigenvalue weighted by molar-refractivity contribution is 0.0527. The van der Waals surface area contributed by atoms with Gasteiger partial charge in [0.2, 0.25) is 0 Å². The Bertz CT molecular complexity index is 1400. The van der Waals surface area contributed by atoms with Crippen LogP contribution in [-0.4, -0.2) is 24.3 Å². The molecule has 4 rings (SSSR count). The number of rotatable bonds is 6. The summed E-state index contributed by atoms with van der Waals surface area (Å²) in [5.74, 6) is 0.0759. The van der Waals surface area contributed by atoms with Crippen LogP contribution in [0, 0.1) is 0 Å². The van der Waals surface area contributed by atoms with Crippen LogP contribution < -0.4 is 16.0 Å². The predicted molar refractivity (Wildman–Crippen MR) is 138 cm³/mol. The van der Waals surface area contributed by atoms with Gasteiger partial charge < -0.3 is 15.2 Å². The summed E-state index contributed by atoms with van der Waals surface area (Å²) in [4.78, 5) is 27.3. The highest BCUT2D eigenvalue weighted by Crippen LogP contribution is 2.39. The van der Waals surface area contributed by atoms with Crippen molar-refractivity contribution in [3.8, 4) is 33.8 Å². The smallest absolute Gasteiger partial charge is 0.341 e. The number of carbonyl (C=O) groups excluding carboxylic acids is 1. The number of pyridine rings is 1. The van der Waals surface area contributed by atoms with Gasteiger partial charge >= 0.3 is 5.97 Å². The predicted octanol–water partition coefficient (Wildman–Crippen LogP) is 5.70. The molecule has 2 N–H and O–H groups in total. The van der Waals surface area contributed by atoms with Crippen molar-refractivity contribution < 1.29 is 14.3 Å². The average Bonchev–Trinajstić information content (AvgIpc) is 2.86. The molecule has 0 aliphatic heterocycles. The molecule has 0 saturated carbocycles. The summed E-state index contributed by atoms with van der Waals surface area (Å²) < 4.78 is 12.9. The Labute approximate surface area is 205 Å². The van der Waals surface area contributed by atoms with Gasteiger partial charge in [0.1, 0.15) is 11.4 Å². The maximum atomic E-state index is 13.8. The van der Waals surface area contributed by atoms with Crippen LogP contribution in [0.1, 0.15) is 17.3 Å². The van der Waals surface area contributed by atoms with E-state index in [1.54, 1.807) is 50.4 Å². The van der Waals surface area contributed by atoms with Crippen molar-refractivity contribution in [2.45, 2.75) is 6.92 Å². The van der Waals surface area contributed by atoms with Gasteiger partial charge in [-0.2, -0.15) is 0 Å². The van der Waals surface area contributed by atoms with Gasteiger partial charge in [-0.25, -0.2) is 4.79 Å². The Hall–Kier alpha value is -3.84. The van der Waals surface area contributed by atoms with Gasteiger partial charge in [0.25, 0.3) is 5.56 Å².